The second kappa shape index (κ2) is 9.96. The molecule has 162 valence electrons. The first kappa shape index (κ1) is 22.0. The Kier molecular flexibility index (Phi) is 7.07. The van der Waals surface area contributed by atoms with Gasteiger partial charge in [0.05, 0.1) is 17.2 Å². The number of aromatic nitrogens is 2. The van der Waals surface area contributed by atoms with Gasteiger partial charge in [0, 0.05) is 18.0 Å². The van der Waals surface area contributed by atoms with Crippen molar-refractivity contribution in [3.63, 3.8) is 0 Å². The molecule has 2 aromatic carbocycles. The van der Waals surface area contributed by atoms with Gasteiger partial charge >= 0.3 is 0 Å². The number of carbonyl (C=O) groups is 1. The zero-order valence-electron chi connectivity index (χ0n) is 17.0. The number of benzene rings is 2. The summed E-state index contributed by atoms with van der Waals surface area (Å²) in [5.41, 5.74) is 2.06. The monoisotopic (exact) mass is 476 g/mol. The predicted octanol–water partition coefficient (Wildman–Crippen LogP) is 5.37. The lowest BCUT2D eigenvalue weighted by Crippen LogP contribution is -2.37. The van der Waals surface area contributed by atoms with Gasteiger partial charge in [0.25, 0.3) is 0 Å². The van der Waals surface area contributed by atoms with Crippen LogP contribution in [-0.4, -0.2) is 41.2 Å². The Morgan fingerprint density at radius 3 is 2.55 bits per heavy atom. The first-order valence-corrected chi connectivity index (χ1v) is 11.5. The van der Waals surface area contributed by atoms with Gasteiger partial charge < -0.3 is 10.1 Å². The van der Waals surface area contributed by atoms with Gasteiger partial charge in [0.15, 0.2) is 0 Å². The summed E-state index contributed by atoms with van der Waals surface area (Å²) in [6, 6.07) is 13.3. The molecular weight excluding hydrogens is 455 g/mol. The van der Waals surface area contributed by atoms with Gasteiger partial charge in [-0.05, 0) is 67.9 Å². The molecule has 0 saturated carbocycles. The fourth-order valence-electron chi connectivity index (χ4n) is 3.58. The Morgan fingerprint density at radius 1 is 1.13 bits per heavy atom. The average molecular weight is 477 g/mol. The lowest BCUT2D eigenvalue weighted by atomic mass is 9.95. The SMILES string of the molecule is COc1ccc(-c2nnc(NC(=O)C3CCN(Cc4ccc(Cl)c(Cl)c4)CC3)s2)cc1. The van der Waals surface area contributed by atoms with E-state index in [1.807, 2.05) is 42.5 Å². The van der Waals surface area contributed by atoms with Crippen LogP contribution in [0.5, 0.6) is 5.75 Å². The van der Waals surface area contributed by atoms with Crippen LogP contribution in [0.4, 0.5) is 5.13 Å². The molecule has 4 rings (SSSR count). The van der Waals surface area contributed by atoms with Crippen molar-refractivity contribution in [2.45, 2.75) is 19.4 Å². The topological polar surface area (TPSA) is 67.4 Å². The van der Waals surface area contributed by atoms with Crippen molar-refractivity contribution in [3.05, 3.63) is 58.1 Å². The van der Waals surface area contributed by atoms with Crippen LogP contribution in [0.25, 0.3) is 10.6 Å². The first-order chi connectivity index (χ1) is 15.0. The molecule has 1 aliphatic rings. The highest BCUT2D eigenvalue weighted by molar-refractivity contribution is 7.18. The van der Waals surface area contributed by atoms with Gasteiger partial charge in [0.2, 0.25) is 11.0 Å². The fourth-order valence-corrected chi connectivity index (χ4v) is 4.65. The molecule has 6 nitrogen and oxygen atoms in total. The third-order valence-corrected chi connectivity index (χ3v) is 6.97. The highest BCUT2D eigenvalue weighted by Gasteiger charge is 2.26. The zero-order chi connectivity index (χ0) is 21.8. The fraction of sp³-hybridized carbons (Fsp3) is 0.318. The van der Waals surface area contributed by atoms with Gasteiger partial charge in [-0.15, -0.1) is 10.2 Å². The van der Waals surface area contributed by atoms with E-state index in [0.29, 0.717) is 15.2 Å². The largest absolute Gasteiger partial charge is 0.497 e. The van der Waals surface area contributed by atoms with E-state index in [1.165, 1.54) is 11.3 Å². The third-order valence-electron chi connectivity index (χ3n) is 5.34. The van der Waals surface area contributed by atoms with Crippen molar-refractivity contribution in [2.24, 2.45) is 5.92 Å². The summed E-state index contributed by atoms with van der Waals surface area (Å²) in [5, 5.41) is 13.7. The number of ether oxygens (including phenoxy) is 1. The van der Waals surface area contributed by atoms with Crippen LogP contribution in [0, 0.1) is 5.92 Å². The molecule has 31 heavy (non-hydrogen) atoms. The summed E-state index contributed by atoms with van der Waals surface area (Å²) < 4.78 is 5.18. The molecule has 1 aromatic heterocycles. The molecule has 0 aliphatic carbocycles. The molecule has 3 aromatic rings. The smallest absolute Gasteiger partial charge is 0.229 e. The number of rotatable bonds is 6. The number of hydrogen-bond acceptors (Lipinski definition) is 6. The van der Waals surface area contributed by atoms with Crippen molar-refractivity contribution < 1.29 is 9.53 Å². The molecule has 0 atom stereocenters. The van der Waals surface area contributed by atoms with Crippen molar-refractivity contribution in [2.75, 3.05) is 25.5 Å². The number of piperidine rings is 1. The second-order valence-electron chi connectivity index (χ2n) is 7.43. The molecule has 1 saturated heterocycles. The standard InChI is InChI=1S/C22H22Cl2N4O2S/c1-30-17-5-3-16(4-6-17)21-26-27-22(31-21)25-20(29)15-8-10-28(11-9-15)13-14-2-7-18(23)19(24)12-14/h2-7,12,15H,8-11,13H2,1H3,(H,25,27,29). The van der Waals surface area contributed by atoms with Crippen LogP contribution in [0.2, 0.25) is 10.0 Å². The maximum absolute atomic E-state index is 12.7. The lowest BCUT2D eigenvalue weighted by molar-refractivity contribution is -0.121. The van der Waals surface area contributed by atoms with Crippen LogP contribution >= 0.6 is 34.5 Å². The van der Waals surface area contributed by atoms with Gasteiger partial charge in [-0.1, -0.05) is 40.6 Å². The maximum atomic E-state index is 12.7. The Bertz CT molecular complexity index is 1050. The summed E-state index contributed by atoms with van der Waals surface area (Å²) in [4.78, 5) is 15.0. The van der Waals surface area contributed by atoms with Crippen molar-refractivity contribution in [1.82, 2.24) is 15.1 Å². The molecule has 1 N–H and O–H groups in total. The van der Waals surface area contributed by atoms with E-state index in [9.17, 15) is 4.79 Å². The third kappa shape index (κ3) is 5.54. The van der Waals surface area contributed by atoms with Crippen molar-refractivity contribution >= 4 is 45.6 Å². The van der Waals surface area contributed by atoms with E-state index in [4.69, 9.17) is 27.9 Å². The average Bonchev–Trinajstić information content (AvgIpc) is 3.25. The van der Waals surface area contributed by atoms with E-state index < -0.39 is 0 Å². The minimum atomic E-state index is -0.0293. The van der Waals surface area contributed by atoms with Crippen molar-refractivity contribution in [3.8, 4) is 16.3 Å². The van der Waals surface area contributed by atoms with Crippen LogP contribution < -0.4 is 10.1 Å². The molecule has 0 spiro atoms. The Balaban J connectivity index is 1.29. The molecule has 0 radical (unpaired) electrons. The molecule has 0 bridgehead atoms. The zero-order valence-corrected chi connectivity index (χ0v) is 19.3. The summed E-state index contributed by atoms with van der Waals surface area (Å²) >= 11 is 13.5. The number of anilines is 1. The molecule has 2 heterocycles. The normalized spacial score (nSPS) is 15.1. The number of likely N-dealkylation sites (tertiary alicyclic amines) is 1. The number of halogens is 2. The Morgan fingerprint density at radius 2 is 1.87 bits per heavy atom. The van der Waals surface area contributed by atoms with Gasteiger partial charge in [-0.2, -0.15) is 0 Å². The summed E-state index contributed by atoms with van der Waals surface area (Å²) in [5.74, 6) is 0.761. The molecule has 9 heteroatoms. The molecule has 1 fully saturated rings. The predicted molar refractivity (Wildman–Crippen MR) is 125 cm³/mol. The Labute approximate surface area is 195 Å². The van der Waals surface area contributed by atoms with Crippen LogP contribution in [-0.2, 0) is 11.3 Å². The highest BCUT2D eigenvalue weighted by Crippen LogP contribution is 2.29. The van der Waals surface area contributed by atoms with Crippen LogP contribution in [0.3, 0.4) is 0 Å². The number of nitrogens with zero attached hydrogens (tertiary/aromatic N) is 3. The molecule has 0 unspecified atom stereocenters. The summed E-state index contributed by atoms with van der Waals surface area (Å²) in [7, 11) is 1.63. The number of carbonyl (C=O) groups excluding carboxylic acids is 1. The van der Waals surface area contributed by atoms with E-state index >= 15 is 0 Å². The molecule has 1 amide bonds. The first-order valence-electron chi connectivity index (χ1n) is 9.97. The van der Waals surface area contributed by atoms with E-state index in [2.05, 4.69) is 20.4 Å². The number of hydrogen-bond donors (Lipinski definition) is 1. The van der Waals surface area contributed by atoms with Gasteiger partial charge in [-0.25, -0.2) is 0 Å². The van der Waals surface area contributed by atoms with E-state index in [-0.39, 0.29) is 11.8 Å². The minimum Gasteiger partial charge on any atom is -0.497 e. The number of nitrogens with one attached hydrogen (secondary N) is 1. The molecule has 1 aliphatic heterocycles. The Hall–Kier alpha value is -2.19. The second-order valence-corrected chi connectivity index (χ2v) is 9.22. The van der Waals surface area contributed by atoms with E-state index in [1.54, 1.807) is 7.11 Å². The summed E-state index contributed by atoms with van der Waals surface area (Å²) in [6.07, 6.45) is 1.61. The maximum Gasteiger partial charge on any atom is 0.229 e. The summed E-state index contributed by atoms with van der Waals surface area (Å²) in [6.45, 7) is 2.50. The quantitative estimate of drug-likeness (QED) is 0.517. The van der Waals surface area contributed by atoms with Crippen LogP contribution in [0.1, 0.15) is 18.4 Å². The number of amides is 1. The minimum absolute atomic E-state index is 0.00613. The lowest BCUT2D eigenvalue weighted by Gasteiger charge is -2.31. The molecular formula is C22H22Cl2N4O2S. The number of methoxy groups -OCH3 is 1. The van der Waals surface area contributed by atoms with Crippen LogP contribution in [0.15, 0.2) is 42.5 Å². The highest BCUT2D eigenvalue weighted by atomic mass is 35.5. The van der Waals surface area contributed by atoms with E-state index in [0.717, 1.165) is 54.4 Å². The van der Waals surface area contributed by atoms with Gasteiger partial charge in [-0.3, -0.25) is 9.69 Å². The van der Waals surface area contributed by atoms with Crippen molar-refractivity contribution in [1.29, 1.82) is 0 Å². The van der Waals surface area contributed by atoms with Gasteiger partial charge in [0.1, 0.15) is 10.8 Å².